The highest BCUT2D eigenvalue weighted by molar-refractivity contribution is 5.61. The quantitative estimate of drug-likeness (QED) is 0.672. The average molecular weight is 346 g/mol. The molecule has 0 radical (unpaired) electrons. The maximum Gasteiger partial charge on any atom is 0.232 e. The maximum atomic E-state index is 14.1. The standard InChI is InChI=1S/C17H16F2N6.2H2/c1-10(2)21-16-23-15(12-5-3-4-6-13(12)18)24-17(25-16)22-11-7-8-14(19)20-9-11;;/h3-10H,1-2H3,(H2,21,22,23,24,25);2*1H. The van der Waals surface area contributed by atoms with Crippen LogP contribution in [0, 0.1) is 11.8 Å². The number of hydrogen-bond donors (Lipinski definition) is 2. The number of pyridine rings is 1. The lowest BCUT2D eigenvalue weighted by atomic mass is 10.2. The van der Waals surface area contributed by atoms with E-state index < -0.39 is 11.8 Å². The molecule has 2 aromatic heterocycles. The van der Waals surface area contributed by atoms with Gasteiger partial charge < -0.3 is 10.6 Å². The number of halogens is 2. The summed E-state index contributed by atoms with van der Waals surface area (Å²) in [5.41, 5.74) is 0.763. The van der Waals surface area contributed by atoms with Crippen molar-refractivity contribution in [1.82, 2.24) is 19.9 Å². The molecule has 2 N–H and O–H groups in total. The van der Waals surface area contributed by atoms with E-state index in [0.717, 1.165) is 0 Å². The van der Waals surface area contributed by atoms with Crippen molar-refractivity contribution in [2.45, 2.75) is 19.9 Å². The second kappa shape index (κ2) is 7.16. The molecule has 0 bridgehead atoms. The molecule has 0 unspecified atom stereocenters. The Morgan fingerprint density at radius 1 is 0.960 bits per heavy atom. The largest absolute Gasteiger partial charge is 0.352 e. The van der Waals surface area contributed by atoms with Crippen molar-refractivity contribution >= 4 is 17.6 Å². The van der Waals surface area contributed by atoms with Crippen molar-refractivity contribution in [3.8, 4) is 11.4 Å². The van der Waals surface area contributed by atoms with E-state index in [-0.39, 0.29) is 26.2 Å². The second-order valence-electron chi connectivity index (χ2n) is 5.58. The lowest BCUT2D eigenvalue weighted by molar-refractivity contribution is 0.584. The number of benzene rings is 1. The van der Waals surface area contributed by atoms with Crippen LogP contribution in [0.5, 0.6) is 0 Å². The molecule has 0 aliphatic carbocycles. The Labute approximate surface area is 146 Å². The summed E-state index contributed by atoms with van der Waals surface area (Å²) in [6.07, 6.45) is 1.32. The summed E-state index contributed by atoms with van der Waals surface area (Å²) in [5.74, 6) is -0.326. The minimum Gasteiger partial charge on any atom is -0.352 e. The van der Waals surface area contributed by atoms with E-state index in [9.17, 15) is 8.78 Å². The topological polar surface area (TPSA) is 75.6 Å². The number of nitrogens with zero attached hydrogens (tertiary/aromatic N) is 4. The van der Waals surface area contributed by atoms with Crippen LogP contribution in [-0.2, 0) is 0 Å². The Bertz CT molecular complexity index is 878. The molecule has 25 heavy (non-hydrogen) atoms. The first-order valence-electron chi connectivity index (χ1n) is 7.67. The monoisotopic (exact) mass is 346 g/mol. The Hall–Kier alpha value is -3.16. The molecule has 0 atom stereocenters. The second-order valence-corrected chi connectivity index (χ2v) is 5.58. The molecule has 0 saturated heterocycles. The first-order chi connectivity index (χ1) is 12.0. The number of hydrogen-bond acceptors (Lipinski definition) is 6. The molecule has 3 rings (SSSR count). The first kappa shape index (κ1) is 16.7. The molecule has 0 aliphatic heterocycles. The van der Waals surface area contributed by atoms with Gasteiger partial charge in [0.1, 0.15) is 5.82 Å². The van der Waals surface area contributed by atoms with E-state index in [4.69, 9.17) is 0 Å². The zero-order chi connectivity index (χ0) is 17.8. The smallest absolute Gasteiger partial charge is 0.232 e. The number of nitrogens with one attached hydrogen (secondary N) is 2. The summed E-state index contributed by atoms with van der Waals surface area (Å²) in [6, 6.07) is 9.03. The molecule has 0 spiro atoms. The fraction of sp³-hybridized carbons (Fsp3) is 0.176. The van der Waals surface area contributed by atoms with Crippen molar-refractivity contribution < 1.29 is 11.6 Å². The molecule has 2 heterocycles. The third kappa shape index (κ3) is 4.23. The zero-order valence-electron chi connectivity index (χ0n) is 13.7. The molecule has 0 saturated carbocycles. The molecule has 132 valence electrons. The van der Waals surface area contributed by atoms with Gasteiger partial charge in [-0.15, -0.1) is 0 Å². The third-order valence-corrected chi connectivity index (χ3v) is 3.15. The van der Waals surface area contributed by atoms with Gasteiger partial charge in [0.05, 0.1) is 17.4 Å². The average Bonchev–Trinajstić information content (AvgIpc) is 2.56. The highest BCUT2D eigenvalue weighted by Gasteiger charge is 2.13. The fourth-order valence-electron chi connectivity index (χ4n) is 2.10. The maximum absolute atomic E-state index is 14.1. The van der Waals surface area contributed by atoms with Gasteiger partial charge in [0.25, 0.3) is 0 Å². The summed E-state index contributed by atoms with van der Waals surface area (Å²) in [5, 5.41) is 5.99. The van der Waals surface area contributed by atoms with E-state index in [1.165, 1.54) is 24.4 Å². The zero-order valence-corrected chi connectivity index (χ0v) is 13.7. The van der Waals surface area contributed by atoms with Crippen LogP contribution in [0.25, 0.3) is 11.4 Å². The highest BCUT2D eigenvalue weighted by Crippen LogP contribution is 2.22. The molecule has 8 heteroatoms. The minimum absolute atomic E-state index is 0. The Morgan fingerprint density at radius 3 is 2.40 bits per heavy atom. The summed E-state index contributed by atoms with van der Waals surface area (Å²) in [6.45, 7) is 3.87. The van der Waals surface area contributed by atoms with Crippen molar-refractivity contribution in [1.29, 1.82) is 0 Å². The van der Waals surface area contributed by atoms with Gasteiger partial charge in [-0.25, -0.2) is 9.37 Å². The van der Waals surface area contributed by atoms with Crippen LogP contribution >= 0.6 is 0 Å². The number of anilines is 3. The van der Waals surface area contributed by atoms with Crippen LogP contribution in [-0.4, -0.2) is 26.0 Å². The highest BCUT2D eigenvalue weighted by atomic mass is 19.1. The fourth-order valence-corrected chi connectivity index (χ4v) is 2.10. The summed E-state index contributed by atoms with van der Waals surface area (Å²) < 4.78 is 27.0. The first-order valence-corrected chi connectivity index (χ1v) is 7.67. The van der Waals surface area contributed by atoms with Crippen LogP contribution in [0.3, 0.4) is 0 Å². The lowest BCUT2D eigenvalue weighted by Gasteiger charge is -2.12. The van der Waals surface area contributed by atoms with Crippen LogP contribution in [0.1, 0.15) is 16.7 Å². The number of rotatable bonds is 5. The Morgan fingerprint density at radius 2 is 1.72 bits per heavy atom. The van der Waals surface area contributed by atoms with Gasteiger partial charge in [0.15, 0.2) is 5.82 Å². The van der Waals surface area contributed by atoms with Crippen molar-refractivity contribution in [3.63, 3.8) is 0 Å². The van der Waals surface area contributed by atoms with E-state index in [2.05, 4.69) is 30.6 Å². The van der Waals surface area contributed by atoms with Crippen molar-refractivity contribution in [2.24, 2.45) is 0 Å². The molecule has 0 aliphatic rings. The van der Waals surface area contributed by atoms with Crippen LogP contribution in [0.15, 0.2) is 42.6 Å². The Balaban J connectivity index is 0.00000182. The van der Waals surface area contributed by atoms with Gasteiger partial charge in [-0.3, -0.25) is 0 Å². The molecule has 3 aromatic rings. The van der Waals surface area contributed by atoms with Crippen LogP contribution in [0.4, 0.5) is 26.4 Å². The summed E-state index contributed by atoms with van der Waals surface area (Å²) in [7, 11) is 0. The van der Waals surface area contributed by atoms with Gasteiger partial charge in [0.2, 0.25) is 17.8 Å². The van der Waals surface area contributed by atoms with Crippen molar-refractivity contribution in [3.05, 3.63) is 54.4 Å². The number of aromatic nitrogens is 4. The SMILES string of the molecule is CC(C)Nc1nc(Nc2ccc(F)nc2)nc(-c2ccccc2F)n1.[HH].[HH]. The van der Waals surface area contributed by atoms with Gasteiger partial charge in [0, 0.05) is 8.90 Å². The normalized spacial score (nSPS) is 10.8. The molecule has 1 aromatic carbocycles. The Kier molecular flexibility index (Phi) is 4.78. The molecule has 0 fully saturated rings. The van der Waals surface area contributed by atoms with E-state index in [1.807, 2.05) is 13.8 Å². The molecular weight excluding hydrogens is 326 g/mol. The van der Waals surface area contributed by atoms with Gasteiger partial charge >= 0.3 is 0 Å². The van der Waals surface area contributed by atoms with Crippen LogP contribution < -0.4 is 10.6 Å². The molecule has 0 amide bonds. The summed E-state index contributed by atoms with van der Waals surface area (Å²) in [4.78, 5) is 16.3. The lowest BCUT2D eigenvalue weighted by Crippen LogP contribution is -2.14. The van der Waals surface area contributed by atoms with E-state index >= 15 is 0 Å². The van der Waals surface area contributed by atoms with Gasteiger partial charge in [-0.05, 0) is 38.1 Å². The summed E-state index contributed by atoms with van der Waals surface area (Å²) >= 11 is 0. The molecular formula is C17H20F2N6. The van der Waals surface area contributed by atoms with E-state index in [0.29, 0.717) is 11.6 Å². The minimum atomic E-state index is -0.588. The molecule has 6 nitrogen and oxygen atoms in total. The van der Waals surface area contributed by atoms with Gasteiger partial charge in [-0.2, -0.15) is 19.3 Å². The van der Waals surface area contributed by atoms with E-state index in [1.54, 1.807) is 18.2 Å². The predicted octanol–water partition coefficient (Wildman–Crippen LogP) is 4.27. The van der Waals surface area contributed by atoms with Gasteiger partial charge in [-0.1, -0.05) is 12.1 Å². The van der Waals surface area contributed by atoms with Crippen LogP contribution in [0.2, 0.25) is 0 Å². The predicted molar refractivity (Wildman–Crippen MR) is 95.7 cm³/mol. The third-order valence-electron chi connectivity index (χ3n) is 3.15. The van der Waals surface area contributed by atoms with Crippen molar-refractivity contribution in [2.75, 3.05) is 10.6 Å².